The van der Waals surface area contributed by atoms with Crippen LogP contribution >= 0.6 is 11.6 Å². The molecule has 0 unspecified atom stereocenters. The highest BCUT2D eigenvalue weighted by atomic mass is 35.5. The lowest BCUT2D eigenvalue weighted by Gasteiger charge is -2.08. The smallest absolute Gasteiger partial charge is 0.229 e. The van der Waals surface area contributed by atoms with E-state index in [-0.39, 0.29) is 6.61 Å². The number of ether oxygens (including phenoxy) is 1. The van der Waals surface area contributed by atoms with Crippen molar-refractivity contribution in [1.82, 2.24) is 10.1 Å². The Kier molecular flexibility index (Phi) is 3.75. The van der Waals surface area contributed by atoms with Crippen molar-refractivity contribution in [3.05, 3.63) is 65.3 Å². The Balaban J connectivity index is 1.46. The first-order valence-corrected chi connectivity index (χ1v) is 7.97. The van der Waals surface area contributed by atoms with Crippen LogP contribution in [0, 0.1) is 0 Å². The minimum Gasteiger partial charge on any atom is -0.484 e. The average Bonchev–Trinajstić information content (AvgIpc) is 3.33. The first kappa shape index (κ1) is 14.3. The Hall–Kier alpha value is -2.33. The molecule has 0 spiro atoms. The van der Waals surface area contributed by atoms with Gasteiger partial charge in [-0.05, 0) is 36.1 Å². The van der Waals surface area contributed by atoms with Crippen molar-refractivity contribution in [2.75, 3.05) is 0 Å². The van der Waals surface area contributed by atoms with Gasteiger partial charge in [0.2, 0.25) is 11.7 Å². The third-order valence-electron chi connectivity index (χ3n) is 3.81. The molecule has 2 aromatic carbocycles. The maximum absolute atomic E-state index is 6.32. The highest BCUT2D eigenvalue weighted by Crippen LogP contribution is 2.39. The van der Waals surface area contributed by atoms with Gasteiger partial charge in [-0.15, -0.1) is 0 Å². The lowest BCUT2D eigenvalue weighted by molar-refractivity contribution is 0.285. The molecule has 116 valence electrons. The number of benzene rings is 2. The number of nitrogens with zero attached hydrogens (tertiary/aromatic N) is 2. The lowest BCUT2D eigenvalue weighted by Crippen LogP contribution is -1.98. The van der Waals surface area contributed by atoms with Gasteiger partial charge in [-0.2, -0.15) is 4.98 Å². The van der Waals surface area contributed by atoms with Gasteiger partial charge >= 0.3 is 0 Å². The Labute approximate surface area is 139 Å². The molecule has 1 aromatic heterocycles. The van der Waals surface area contributed by atoms with E-state index in [1.54, 1.807) is 0 Å². The minimum atomic E-state index is 0.251. The van der Waals surface area contributed by atoms with Crippen LogP contribution in [0.2, 0.25) is 5.02 Å². The van der Waals surface area contributed by atoms with Gasteiger partial charge in [-0.25, -0.2) is 0 Å². The van der Waals surface area contributed by atoms with E-state index < -0.39 is 0 Å². The molecule has 5 heteroatoms. The van der Waals surface area contributed by atoms with Crippen molar-refractivity contribution in [2.45, 2.75) is 25.4 Å². The molecular formula is C18H15ClN2O2. The summed E-state index contributed by atoms with van der Waals surface area (Å²) in [6, 6.07) is 15.8. The number of halogens is 1. The van der Waals surface area contributed by atoms with E-state index in [0.29, 0.717) is 28.4 Å². The van der Waals surface area contributed by atoms with E-state index >= 15 is 0 Å². The van der Waals surface area contributed by atoms with Crippen molar-refractivity contribution >= 4 is 11.6 Å². The van der Waals surface area contributed by atoms with E-state index in [4.69, 9.17) is 20.9 Å². The minimum absolute atomic E-state index is 0.251. The van der Waals surface area contributed by atoms with Gasteiger partial charge in [0.05, 0.1) is 5.02 Å². The van der Waals surface area contributed by atoms with Gasteiger partial charge in [0.1, 0.15) is 5.75 Å². The van der Waals surface area contributed by atoms with E-state index in [1.165, 1.54) is 0 Å². The monoisotopic (exact) mass is 326 g/mol. The second kappa shape index (κ2) is 6.05. The highest BCUT2D eigenvalue weighted by molar-refractivity contribution is 6.32. The zero-order chi connectivity index (χ0) is 15.6. The zero-order valence-corrected chi connectivity index (χ0v) is 13.2. The van der Waals surface area contributed by atoms with Crippen LogP contribution in [-0.4, -0.2) is 10.1 Å². The Morgan fingerprint density at radius 1 is 1.09 bits per heavy atom. The summed E-state index contributed by atoms with van der Waals surface area (Å²) in [6.45, 7) is 0.251. The summed E-state index contributed by atoms with van der Waals surface area (Å²) in [7, 11) is 0. The Morgan fingerprint density at radius 2 is 1.91 bits per heavy atom. The van der Waals surface area contributed by atoms with Crippen molar-refractivity contribution < 1.29 is 9.26 Å². The molecule has 1 aliphatic rings. The molecule has 4 rings (SSSR count). The maximum Gasteiger partial charge on any atom is 0.229 e. The zero-order valence-electron chi connectivity index (χ0n) is 12.4. The predicted octanol–water partition coefficient (Wildman–Crippen LogP) is 4.85. The number of hydrogen-bond acceptors (Lipinski definition) is 4. The number of hydrogen-bond donors (Lipinski definition) is 0. The molecule has 0 atom stereocenters. The van der Waals surface area contributed by atoms with Gasteiger partial charge in [0.15, 0.2) is 6.61 Å². The molecule has 1 fully saturated rings. The van der Waals surface area contributed by atoms with Crippen LogP contribution in [0.15, 0.2) is 53.1 Å². The average molecular weight is 327 g/mol. The summed E-state index contributed by atoms with van der Waals surface area (Å²) in [5.74, 6) is 2.33. The molecule has 0 aliphatic heterocycles. The molecule has 1 saturated carbocycles. The van der Waals surface area contributed by atoms with E-state index in [2.05, 4.69) is 10.1 Å². The molecule has 1 aliphatic carbocycles. The third-order valence-corrected chi connectivity index (χ3v) is 4.10. The summed E-state index contributed by atoms with van der Waals surface area (Å²) in [5.41, 5.74) is 2.17. The standard InChI is InChI=1S/C18H15ClN2O2/c19-15-10-14(12-4-2-1-3-5-12)8-9-16(15)22-11-17-20-18(23-21-17)13-6-7-13/h1-5,8-10,13H,6-7,11H2. The molecule has 0 N–H and O–H groups in total. The molecule has 3 aromatic rings. The largest absolute Gasteiger partial charge is 0.484 e. The molecule has 0 bridgehead atoms. The topological polar surface area (TPSA) is 48.2 Å². The lowest BCUT2D eigenvalue weighted by atomic mass is 10.1. The Morgan fingerprint density at radius 3 is 2.65 bits per heavy atom. The van der Waals surface area contributed by atoms with Crippen molar-refractivity contribution in [3.63, 3.8) is 0 Å². The van der Waals surface area contributed by atoms with Crippen molar-refractivity contribution in [1.29, 1.82) is 0 Å². The van der Waals surface area contributed by atoms with Gasteiger partial charge in [0, 0.05) is 5.92 Å². The second-order valence-electron chi connectivity index (χ2n) is 5.62. The highest BCUT2D eigenvalue weighted by Gasteiger charge is 2.29. The molecule has 0 amide bonds. The molecule has 1 heterocycles. The molecule has 0 saturated heterocycles. The normalized spacial score (nSPS) is 14.0. The molecular weight excluding hydrogens is 312 g/mol. The third kappa shape index (κ3) is 3.22. The summed E-state index contributed by atoms with van der Waals surface area (Å²) in [6.07, 6.45) is 2.27. The van der Waals surface area contributed by atoms with E-state index in [9.17, 15) is 0 Å². The summed E-state index contributed by atoms with van der Waals surface area (Å²) in [4.78, 5) is 4.34. The first-order valence-electron chi connectivity index (χ1n) is 7.60. The van der Waals surface area contributed by atoms with Crippen LogP contribution in [0.3, 0.4) is 0 Å². The van der Waals surface area contributed by atoms with Gasteiger partial charge in [-0.1, -0.05) is 53.2 Å². The van der Waals surface area contributed by atoms with Crippen LogP contribution in [0.25, 0.3) is 11.1 Å². The number of aromatic nitrogens is 2. The van der Waals surface area contributed by atoms with Gasteiger partial charge in [0.25, 0.3) is 0 Å². The van der Waals surface area contributed by atoms with Gasteiger partial charge < -0.3 is 9.26 Å². The Bertz CT molecular complexity index is 813. The molecule has 0 radical (unpaired) electrons. The summed E-state index contributed by atoms with van der Waals surface area (Å²) >= 11 is 6.32. The predicted molar refractivity (Wildman–Crippen MR) is 87.5 cm³/mol. The van der Waals surface area contributed by atoms with Crippen LogP contribution in [0.4, 0.5) is 0 Å². The SMILES string of the molecule is Clc1cc(-c2ccccc2)ccc1OCc1noc(C2CC2)n1. The summed E-state index contributed by atoms with van der Waals surface area (Å²) < 4.78 is 10.9. The van der Waals surface area contributed by atoms with Crippen LogP contribution in [0.5, 0.6) is 5.75 Å². The van der Waals surface area contributed by atoms with Crippen molar-refractivity contribution in [2.24, 2.45) is 0 Å². The first-order chi connectivity index (χ1) is 11.3. The van der Waals surface area contributed by atoms with E-state index in [0.717, 1.165) is 24.0 Å². The fourth-order valence-electron chi connectivity index (χ4n) is 2.39. The quantitative estimate of drug-likeness (QED) is 0.672. The van der Waals surface area contributed by atoms with Crippen LogP contribution < -0.4 is 4.74 Å². The summed E-state index contributed by atoms with van der Waals surface area (Å²) in [5, 5.41) is 4.50. The molecule has 23 heavy (non-hydrogen) atoms. The van der Waals surface area contributed by atoms with Crippen molar-refractivity contribution in [3.8, 4) is 16.9 Å². The van der Waals surface area contributed by atoms with Crippen LogP contribution in [0.1, 0.15) is 30.5 Å². The van der Waals surface area contributed by atoms with Gasteiger partial charge in [-0.3, -0.25) is 0 Å². The van der Waals surface area contributed by atoms with Crippen LogP contribution in [-0.2, 0) is 6.61 Å². The number of rotatable bonds is 5. The fraction of sp³-hybridized carbons (Fsp3) is 0.222. The fourth-order valence-corrected chi connectivity index (χ4v) is 2.63. The second-order valence-corrected chi connectivity index (χ2v) is 6.03. The maximum atomic E-state index is 6.32. The molecule has 4 nitrogen and oxygen atoms in total. The van der Waals surface area contributed by atoms with E-state index in [1.807, 2.05) is 48.5 Å².